The molecule has 7 nitrogen and oxygen atoms in total. The van der Waals surface area contributed by atoms with Gasteiger partial charge in [0.05, 0.1) is 5.02 Å². The van der Waals surface area contributed by atoms with Crippen LogP contribution < -0.4 is 10.0 Å². The molecular formula is C12H16ClN5O2S. The second-order valence-electron chi connectivity index (χ2n) is 4.35. The van der Waals surface area contributed by atoms with Crippen LogP contribution in [0.4, 0.5) is 5.82 Å². The molecule has 114 valence electrons. The molecule has 2 N–H and O–H groups in total. The zero-order valence-corrected chi connectivity index (χ0v) is 13.2. The quantitative estimate of drug-likeness (QED) is 0.826. The molecule has 0 bridgehead atoms. The van der Waals surface area contributed by atoms with Gasteiger partial charge in [-0.3, -0.25) is 0 Å². The highest BCUT2D eigenvalue weighted by Crippen LogP contribution is 2.21. The van der Waals surface area contributed by atoms with Gasteiger partial charge in [0.25, 0.3) is 0 Å². The van der Waals surface area contributed by atoms with E-state index in [9.17, 15) is 8.42 Å². The fourth-order valence-corrected chi connectivity index (χ4v) is 3.10. The van der Waals surface area contributed by atoms with Crippen LogP contribution in [0.1, 0.15) is 5.82 Å². The Kier molecular flexibility index (Phi) is 4.81. The highest BCUT2D eigenvalue weighted by molar-refractivity contribution is 7.89. The third-order valence-electron chi connectivity index (χ3n) is 2.92. The van der Waals surface area contributed by atoms with Crippen LogP contribution in [0.3, 0.4) is 0 Å². The lowest BCUT2D eigenvalue weighted by atomic mass is 10.4. The number of aryl methyl sites for hydroxylation is 1. The van der Waals surface area contributed by atoms with Crippen molar-refractivity contribution in [3.63, 3.8) is 0 Å². The Morgan fingerprint density at radius 3 is 2.71 bits per heavy atom. The number of halogens is 1. The second-order valence-corrected chi connectivity index (χ2v) is 6.53. The maximum Gasteiger partial charge on any atom is 0.242 e. The minimum atomic E-state index is -3.64. The van der Waals surface area contributed by atoms with Crippen LogP contribution >= 0.6 is 11.6 Å². The van der Waals surface area contributed by atoms with E-state index in [2.05, 4.69) is 20.0 Å². The molecular weight excluding hydrogens is 314 g/mol. The number of hydrogen-bond donors (Lipinski definition) is 2. The van der Waals surface area contributed by atoms with E-state index in [1.165, 1.54) is 12.3 Å². The lowest BCUT2D eigenvalue weighted by Gasteiger charge is -2.08. The van der Waals surface area contributed by atoms with Gasteiger partial charge in [-0.05, 0) is 6.07 Å². The van der Waals surface area contributed by atoms with Crippen LogP contribution in [0, 0.1) is 0 Å². The maximum absolute atomic E-state index is 12.1. The molecule has 0 spiro atoms. The standard InChI is InChI=1S/C12H16ClN5O2S/c1-14-12-10(13)7-9(8-16-12)21(19,20)17-4-3-11-15-5-6-18(11)2/h5-8,17H,3-4H2,1-2H3,(H,14,16). The SMILES string of the molecule is CNc1ncc(S(=O)(=O)NCCc2nccn2C)cc1Cl. The molecule has 9 heteroatoms. The Morgan fingerprint density at radius 1 is 1.38 bits per heavy atom. The molecule has 0 aliphatic heterocycles. The van der Waals surface area contributed by atoms with Crippen LogP contribution in [-0.4, -0.2) is 36.5 Å². The smallest absolute Gasteiger partial charge is 0.242 e. The molecule has 0 fully saturated rings. The first kappa shape index (κ1) is 15.7. The molecule has 2 rings (SSSR count). The summed E-state index contributed by atoms with van der Waals surface area (Å²) in [6, 6.07) is 1.36. The summed E-state index contributed by atoms with van der Waals surface area (Å²) in [5.74, 6) is 1.24. The Bertz CT molecular complexity index is 729. The van der Waals surface area contributed by atoms with Crippen molar-refractivity contribution in [2.75, 3.05) is 18.9 Å². The van der Waals surface area contributed by atoms with E-state index in [0.29, 0.717) is 12.2 Å². The van der Waals surface area contributed by atoms with Gasteiger partial charge in [-0.1, -0.05) is 11.6 Å². The third-order valence-corrected chi connectivity index (χ3v) is 4.64. The summed E-state index contributed by atoms with van der Waals surface area (Å²) in [6.07, 6.45) is 5.24. The first-order valence-electron chi connectivity index (χ1n) is 6.23. The molecule has 0 saturated carbocycles. The van der Waals surface area contributed by atoms with Crippen LogP contribution in [0.5, 0.6) is 0 Å². The minimum absolute atomic E-state index is 0.0336. The fourth-order valence-electron chi connectivity index (χ4n) is 1.77. The number of nitrogens with zero attached hydrogens (tertiary/aromatic N) is 3. The number of sulfonamides is 1. The average Bonchev–Trinajstić information content (AvgIpc) is 2.84. The van der Waals surface area contributed by atoms with Gasteiger partial charge in [0.1, 0.15) is 16.5 Å². The Morgan fingerprint density at radius 2 is 2.14 bits per heavy atom. The molecule has 0 radical (unpaired) electrons. The molecule has 2 aromatic rings. The van der Waals surface area contributed by atoms with Crippen molar-refractivity contribution in [3.8, 4) is 0 Å². The van der Waals surface area contributed by atoms with Crippen LogP contribution in [0.2, 0.25) is 5.02 Å². The molecule has 0 amide bonds. The summed E-state index contributed by atoms with van der Waals surface area (Å²) >= 11 is 5.94. The molecule has 2 heterocycles. The number of pyridine rings is 1. The fraction of sp³-hybridized carbons (Fsp3) is 0.333. The Hall–Kier alpha value is -1.64. The van der Waals surface area contributed by atoms with Crippen molar-refractivity contribution in [3.05, 3.63) is 35.5 Å². The summed E-state index contributed by atoms with van der Waals surface area (Å²) in [5, 5.41) is 3.03. The number of anilines is 1. The van der Waals surface area contributed by atoms with Crippen molar-refractivity contribution >= 4 is 27.4 Å². The van der Waals surface area contributed by atoms with Crippen molar-refractivity contribution in [2.45, 2.75) is 11.3 Å². The van der Waals surface area contributed by atoms with E-state index >= 15 is 0 Å². The molecule has 0 unspecified atom stereocenters. The lowest BCUT2D eigenvalue weighted by Crippen LogP contribution is -2.26. The zero-order valence-electron chi connectivity index (χ0n) is 11.7. The highest BCUT2D eigenvalue weighted by Gasteiger charge is 2.16. The number of aromatic nitrogens is 3. The van der Waals surface area contributed by atoms with Gasteiger partial charge >= 0.3 is 0 Å². The van der Waals surface area contributed by atoms with E-state index in [0.717, 1.165) is 5.82 Å². The topological polar surface area (TPSA) is 88.9 Å². The predicted octanol–water partition coefficient (Wildman–Crippen LogP) is 1.03. The van der Waals surface area contributed by atoms with Gasteiger partial charge < -0.3 is 9.88 Å². The van der Waals surface area contributed by atoms with Gasteiger partial charge in [0.2, 0.25) is 10.0 Å². The van der Waals surface area contributed by atoms with E-state index in [4.69, 9.17) is 11.6 Å². The van der Waals surface area contributed by atoms with Gasteiger partial charge in [-0.15, -0.1) is 0 Å². The normalized spacial score (nSPS) is 11.6. The van der Waals surface area contributed by atoms with Gasteiger partial charge in [0, 0.05) is 45.7 Å². The van der Waals surface area contributed by atoms with Crippen molar-refractivity contribution < 1.29 is 8.42 Å². The Balaban J connectivity index is 2.05. The number of nitrogens with one attached hydrogen (secondary N) is 2. The summed E-state index contributed by atoms with van der Waals surface area (Å²) in [4.78, 5) is 8.12. The largest absolute Gasteiger partial charge is 0.372 e. The molecule has 21 heavy (non-hydrogen) atoms. The van der Waals surface area contributed by atoms with Crippen molar-refractivity contribution in [1.82, 2.24) is 19.3 Å². The molecule has 0 aromatic carbocycles. The lowest BCUT2D eigenvalue weighted by molar-refractivity contribution is 0.579. The monoisotopic (exact) mass is 329 g/mol. The summed E-state index contributed by atoms with van der Waals surface area (Å²) in [5.41, 5.74) is 0. The molecule has 0 aliphatic carbocycles. The molecule has 0 atom stereocenters. The van der Waals surface area contributed by atoms with E-state index < -0.39 is 10.0 Å². The maximum atomic E-state index is 12.1. The molecule has 0 saturated heterocycles. The number of imidazole rings is 1. The van der Waals surface area contributed by atoms with Gasteiger partial charge in [-0.2, -0.15) is 0 Å². The molecule has 2 aromatic heterocycles. The van der Waals surface area contributed by atoms with Crippen LogP contribution in [-0.2, 0) is 23.5 Å². The van der Waals surface area contributed by atoms with Gasteiger partial charge in [0.15, 0.2) is 0 Å². The second kappa shape index (κ2) is 6.42. The van der Waals surface area contributed by atoms with E-state index in [-0.39, 0.29) is 16.5 Å². The summed E-state index contributed by atoms with van der Waals surface area (Å²) in [6.45, 7) is 0.249. The van der Waals surface area contributed by atoms with E-state index in [1.807, 2.05) is 17.8 Å². The number of hydrogen-bond acceptors (Lipinski definition) is 5. The highest BCUT2D eigenvalue weighted by atomic mass is 35.5. The van der Waals surface area contributed by atoms with Crippen molar-refractivity contribution in [1.29, 1.82) is 0 Å². The minimum Gasteiger partial charge on any atom is -0.372 e. The molecule has 0 aliphatic rings. The van der Waals surface area contributed by atoms with Gasteiger partial charge in [-0.25, -0.2) is 23.1 Å². The first-order chi connectivity index (χ1) is 9.94. The van der Waals surface area contributed by atoms with E-state index in [1.54, 1.807) is 13.2 Å². The third kappa shape index (κ3) is 3.72. The van der Waals surface area contributed by atoms with Crippen LogP contribution in [0.25, 0.3) is 0 Å². The van der Waals surface area contributed by atoms with Crippen molar-refractivity contribution in [2.24, 2.45) is 7.05 Å². The predicted molar refractivity (Wildman–Crippen MR) is 80.9 cm³/mol. The average molecular weight is 330 g/mol. The number of rotatable bonds is 6. The summed E-state index contributed by atoms with van der Waals surface area (Å²) in [7, 11) is -0.117. The first-order valence-corrected chi connectivity index (χ1v) is 8.09. The Labute approximate surface area is 128 Å². The zero-order chi connectivity index (χ0) is 15.5. The van der Waals surface area contributed by atoms with Crippen LogP contribution in [0.15, 0.2) is 29.6 Å². The summed E-state index contributed by atoms with van der Waals surface area (Å²) < 4.78 is 28.6.